The molecule has 2 aromatic heterocycles. The number of aryl methyl sites for hydroxylation is 1. The van der Waals surface area contributed by atoms with Crippen molar-refractivity contribution in [3.05, 3.63) is 54.0 Å². The molecule has 0 saturated heterocycles. The summed E-state index contributed by atoms with van der Waals surface area (Å²) in [5.74, 6) is 0.191. The molecule has 0 aliphatic heterocycles. The number of rotatable bonds is 5. The lowest BCUT2D eigenvalue weighted by atomic mass is 10.2. The summed E-state index contributed by atoms with van der Waals surface area (Å²) in [5, 5.41) is 6.97. The second-order valence-electron chi connectivity index (χ2n) is 5.48. The number of aromatic nitrogens is 3. The summed E-state index contributed by atoms with van der Waals surface area (Å²) >= 11 is 0. The number of fused-ring (bicyclic) bond motifs is 1. The molecule has 0 aliphatic carbocycles. The van der Waals surface area contributed by atoms with Gasteiger partial charge in [0.15, 0.2) is 0 Å². The van der Waals surface area contributed by atoms with Gasteiger partial charge in [-0.1, -0.05) is 25.1 Å². The third-order valence-electron chi connectivity index (χ3n) is 3.50. The monoisotopic (exact) mass is 321 g/mol. The molecule has 0 fully saturated rings. The minimum absolute atomic E-state index is 0.279. The fraction of sp³-hybridized carbons (Fsp3) is 0.222. The minimum atomic E-state index is -0.279. The molecule has 0 saturated carbocycles. The standard InChI is InChI=1S/C18H19N5O/c1-3-9-20-18-21-12(2)11-15(23-18)17(24)22-14-8-4-6-13-7-5-10-19-16(13)14/h4-8,10-11H,3,9H2,1-2H3,(H,22,24)(H,20,21,23). The first-order valence-electron chi connectivity index (χ1n) is 7.92. The number of amides is 1. The molecule has 3 rings (SSSR count). The van der Waals surface area contributed by atoms with Gasteiger partial charge in [0.1, 0.15) is 5.69 Å². The van der Waals surface area contributed by atoms with E-state index >= 15 is 0 Å². The van der Waals surface area contributed by atoms with Crippen LogP contribution in [0.1, 0.15) is 29.5 Å². The zero-order valence-electron chi connectivity index (χ0n) is 13.7. The minimum Gasteiger partial charge on any atom is -0.354 e. The summed E-state index contributed by atoms with van der Waals surface area (Å²) in [5.41, 5.74) is 2.49. The van der Waals surface area contributed by atoms with Crippen LogP contribution in [0.15, 0.2) is 42.6 Å². The highest BCUT2D eigenvalue weighted by molar-refractivity contribution is 6.07. The molecule has 0 spiro atoms. The van der Waals surface area contributed by atoms with E-state index in [1.807, 2.05) is 37.3 Å². The molecule has 0 unspecified atom stereocenters. The van der Waals surface area contributed by atoms with Gasteiger partial charge in [0.25, 0.3) is 5.91 Å². The number of nitrogens with one attached hydrogen (secondary N) is 2. The average molecular weight is 321 g/mol. The van der Waals surface area contributed by atoms with Gasteiger partial charge < -0.3 is 10.6 Å². The maximum Gasteiger partial charge on any atom is 0.274 e. The molecular weight excluding hydrogens is 302 g/mol. The molecule has 122 valence electrons. The SMILES string of the molecule is CCCNc1nc(C)cc(C(=O)Nc2cccc3cccnc23)n1. The number of carbonyl (C=O) groups is 1. The second kappa shape index (κ2) is 7.04. The van der Waals surface area contributed by atoms with Crippen molar-refractivity contribution in [3.8, 4) is 0 Å². The lowest BCUT2D eigenvalue weighted by molar-refractivity contribution is 0.102. The van der Waals surface area contributed by atoms with Crippen molar-refractivity contribution >= 4 is 28.4 Å². The summed E-state index contributed by atoms with van der Waals surface area (Å²) in [6.07, 6.45) is 2.67. The Hall–Kier alpha value is -3.02. The molecule has 1 amide bonds. The van der Waals surface area contributed by atoms with Gasteiger partial charge in [0.05, 0.1) is 11.2 Å². The molecule has 1 aromatic carbocycles. The Morgan fingerprint density at radius 2 is 2.00 bits per heavy atom. The van der Waals surface area contributed by atoms with Crippen LogP contribution in [0, 0.1) is 6.92 Å². The quantitative estimate of drug-likeness (QED) is 0.753. The molecule has 2 heterocycles. The van der Waals surface area contributed by atoms with Crippen molar-refractivity contribution in [3.63, 3.8) is 0 Å². The number of benzene rings is 1. The Kier molecular flexibility index (Phi) is 4.65. The number of pyridine rings is 1. The van der Waals surface area contributed by atoms with Gasteiger partial charge in [0, 0.05) is 23.8 Å². The van der Waals surface area contributed by atoms with Crippen LogP contribution in [0.3, 0.4) is 0 Å². The van der Waals surface area contributed by atoms with Crippen LogP contribution in [-0.2, 0) is 0 Å². The first kappa shape index (κ1) is 15.9. The third kappa shape index (κ3) is 3.48. The van der Waals surface area contributed by atoms with Crippen LogP contribution in [-0.4, -0.2) is 27.4 Å². The Balaban J connectivity index is 1.88. The number of para-hydroxylation sites is 1. The molecule has 0 aliphatic rings. The van der Waals surface area contributed by atoms with Gasteiger partial charge >= 0.3 is 0 Å². The highest BCUT2D eigenvalue weighted by atomic mass is 16.1. The van der Waals surface area contributed by atoms with E-state index in [-0.39, 0.29) is 5.91 Å². The molecule has 0 bridgehead atoms. The zero-order valence-corrected chi connectivity index (χ0v) is 13.7. The molecule has 24 heavy (non-hydrogen) atoms. The van der Waals surface area contributed by atoms with E-state index in [9.17, 15) is 4.79 Å². The maximum atomic E-state index is 12.6. The maximum absolute atomic E-state index is 12.6. The fourth-order valence-corrected chi connectivity index (χ4v) is 2.39. The summed E-state index contributed by atoms with van der Waals surface area (Å²) in [7, 11) is 0. The van der Waals surface area contributed by atoms with Crippen molar-refractivity contribution in [2.75, 3.05) is 17.2 Å². The van der Waals surface area contributed by atoms with E-state index < -0.39 is 0 Å². The lowest BCUT2D eigenvalue weighted by Crippen LogP contribution is -2.16. The highest BCUT2D eigenvalue weighted by Gasteiger charge is 2.12. The van der Waals surface area contributed by atoms with Crippen LogP contribution >= 0.6 is 0 Å². The number of nitrogens with zero attached hydrogens (tertiary/aromatic N) is 3. The van der Waals surface area contributed by atoms with Crippen LogP contribution in [0.4, 0.5) is 11.6 Å². The topological polar surface area (TPSA) is 79.8 Å². The van der Waals surface area contributed by atoms with Crippen molar-refractivity contribution < 1.29 is 4.79 Å². The highest BCUT2D eigenvalue weighted by Crippen LogP contribution is 2.21. The molecule has 0 atom stereocenters. The summed E-state index contributed by atoms with van der Waals surface area (Å²) in [6, 6.07) is 11.2. The summed E-state index contributed by atoms with van der Waals surface area (Å²) in [4.78, 5) is 25.5. The Morgan fingerprint density at radius 3 is 2.83 bits per heavy atom. The number of hydrogen-bond donors (Lipinski definition) is 2. The molecule has 6 heteroatoms. The molecule has 6 nitrogen and oxygen atoms in total. The predicted octanol–water partition coefficient (Wildman–Crippen LogP) is 3.41. The summed E-state index contributed by atoms with van der Waals surface area (Å²) in [6.45, 7) is 4.66. The molecular formula is C18H19N5O. The van der Waals surface area contributed by atoms with Gasteiger partial charge in [0.2, 0.25) is 5.95 Å². The van der Waals surface area contributed by atoms with E-state index in [1.165, 1.54) is 0 Å². The number of anilines is 2. The normalized spacial score (nSPS) is 10.6. The Morgan fingerprint density at radius 1 is 1.17 bits per heavy atom. The first-order chi connectivity index (χ1) is 11.7. The van der Waals surface area contributed by atoms with Crippen molar-refractivity contribution in [1.29, 1.82) is 0 Å². The zero-order chi connectivity index (χ0) is 16.9. The van der Waals surface area contributed by atoms with Crippen LogP contribution in [0.5, 0.6) is 0 Å². The van der Waals surface area contributed by atoms with E-state index in [2.05, 4.69) is 32.5 Å². The molecule has 2 N–H and O–H groups in total. The van der Waals surface area contributed by atoms with Crippen LogP contribution < -0.4 is 10.6 Å². The molecule has 3 aromatic rings. The molecule has 0 radical (unpaired) electrons. The van der Waals surface area contributed by atoms with Gasteiger partial charge in [-0.05, 0) is 31.5 Å². The third-order valence-corrected chi connectivity index (χ3v) is 3.50. The second-order valence-corrected chi connectivity index (χ2v) is 5.48. The van der Waals surface area contributed by atoms with Crippen molar-refractivity contribution in [1.82, 2.24) is 15.0 Å². The van der Waals surface area contributed by atoms with Crippen LogP contribution in [0.2, 0.25) is 0 Å². The number of carbonyl (C=O) groups excluding carboxylic acids is 1. The Labute approximate surface area is 140 Å². The smallest absolute Gasteiger partial charge is 0.274 e. The van der Waals surface area contributed by atoms with Gasteiger partial charge in [-0.25, -0.2) is 9.97 Å². The lowest BCUT2D eigenvalue weighted by Gasteiger charge is -2.09. The van der Waals surface area contributed by atoms with E-state index in [1.54, 1.807) is 12.3 Å². The van der Waals surface area contributed by atoms with E-state index in [4.69, 9.17) is 0 Å². The summed E-state index contributed by atoms with van der Waals surface area (Å²) < 4.78 is 0. The van der Waals surface area contributed by atoms with Crippen LogP contribution in [0.25, 0.3) is 10.9 Å². The predicted molar refractivity (Wildman–Crippen MR) is 95.2 cm³/mol. The largest absolute Gasteiger partial charge is 0.354 e. The van der Waals surface area contributed by atoms with Gasteiger partial charge in [-0.15, -0.1) is 0 Å². The first-order valence-corrected chi connectivity index (χ1v) is 7.92. The van der Waals surface area contributed by atoms with Gasteiger partial charge in [-0.3, -0.25) is 9.78 Å². The van der Waals surface area contributed by atoms with Gasteiger partial charge in [-0.2, -0.15) is 0 Å². The van der Waals surface area contributed by atoms with Crippen molar-refractivity contribution in [2.24, 2.45) is 0 Å². The van der Waals surface area contributed by atoms with Crippen molar-refractivity contribution in [2.45, 2.75) is 20.3 Å². The fourth-order valence-electron chi connectivity index (χ4n) is 2.39. The number of hydrogen-bond acceptors (Lipinski definition) is 5. The Bertz CT molecular complexity index is 873. The average Bonchev–Trinajstić information content (AvgIpc) is 2.60. The van der Waals surface area contributed by atoms with E-state index in [0.717, 1.165) is 29.6 Å². The van der Waals surface area contributed by atoms with E-state index in [0.29, 0.717) is 17.3 Å².